The van der Waals surface area contributed by atoms with Crippen LogP contribution in [0.15, 0.2) is 18.2 Å². The molecule has 0 atom stereocenters. The van der Waals surface area contributed by atoms with E-state index in [1.807, 2.05) is 0 Å². The van der Waals surface area contributed by atoms with Crippen LogP contribution in [0.25, 0.3) is 0 Å². The molecule has 0 aromatic heterocycles. The Kier molecular flexibility index (Phi) is 7.84. The van der Waals surface area contributed by atoms with Crippen LogP contribution >= 0.6 is 0 Å². The number of urea groups is 1. The summed E-state index contributed by atoms with van der Waals surface area (Å²) in [5, 5.41) is 6.03. The average molecular weight is 424 g/mol. The number of carbonyl (C=O) groups is 2. The molecule has 0 saturated carbocycles. The first-order chi connectivity index (χ1) is 14.4. The van der Waals surface area contributed by atoms with Crippen molar-refractivity contribution < 1.29 is 23.1 Å². The zero-order valence-electron chi connectivity index (χ0n) is 17.3. The number of likely N-dealkylation sites (tertiary alicyclic amines) is 2. The molecule has 30 heavy (non-hydrogen) atoms. The molecule has 3 amide bonds. The second-order valence-corrected chi connectivity index (χ2v) is 7.88. The van der Waals surface area contributed by atoms with Gasteiger partial charge in [0.15, 0.2) is 11.6 Å². The Balaban J connectivity index is 1.34. The molecule has 3 rings (SSSR count). The van der Waals surface area contributed by atoms with Gasteiger partial charge in [0, 0.05) is 44.8 Å². The Labute approximate surface area is 175 Å². The molecule has 2 saturated heterocycles. The monoisotopic (exact) mass is 424 g/mol. The Morgan fingerprint density at radius 3 is 2.17 bits per heavy atom. The molecule has 9 heteroatoms. The summed E-state index contributed by atoms with van der Waals surface area (Å²) in [6, 6.07) is 3.95. The number of hydrogen-bond acceptors (Lipinski definition) is 4. The van der Waals surface area contributed by atoms with Crippen molar-refractivity contribution in [3.63, 3.8) is 0 Å². The lowest BCUT2D eigenvalue weighted by Gasteiger charge is -2.34. The van der Waals surface area contributed by atoms with Crippen molar-refractivity contribution in [2.75, 3.05) is 32.8 Å². The zero-order valence-corrected chi connectivity index (χ0v) is 17.3. The van der Waals surface area contributed by atoms with Gasteiger partial charge in [-0.15, -0.1) is 0 Å². The molecule has 1 aromatic rings. The molecule has 2 fully saturated rings. The molecule has 2 heterocycles. The number of ether oxygens (including phenoxy) is 1. The highest BCUT2D eigenvalue weighted by Gasteiger charge is 2.26. The Bertz CT molecular complexity index is 733. The van der Waals surface area contributed by atoms with Crippen LogP contribution < -0.4 is 10.6 Å². The molecule has 0 unspecified atom stereocenters. The van der Waals surface area contributed by atoms with Gasteiger partial charge in [0.05, 0.1) is 6.61 Å². The van der Waals surface area contributed by atoms with Crippen LogP contribution in [0.2, 0.25) is 0 Å². The van der Waals surface area contributed by atoms with Crippen molar-refractivity contribution >= 4 is 12.1 Å². The summed E-state index contributed by atoms with van der Waals surface area (Å²) in [7, 11) is 0. The van der Waals surface area contributed by atoms with Gasteiger partial charge >= 0.3 is 12.1 Å². The van der Waals surface area contributed by atoms with Gasteiger partial charge in [0.25, 0.3) is 0 Å². The molecular formula is C21H30F2N4O3. The summed E-state index contributed by atoms with van der Waals surface area (Å²) < 4.78 is 31.4. The summed E-state index contributed by atoms with van der Waals surface area (Å²) in [6.45, 7) is 5.42. The lowest BCUT2D eigenvalue weighted by molar-refractivity contribution is 0.0956. The highest BCUT2D eigenvalue weighted by atomic mass is 19.2. The van der Waals surface area contributed by atoms with Crippen LogP contribution in [0.4, 0.5) is 18.4 Å². The third kappa shape index (κ3) is 6.29. The Morgan fingerprint density at radius 2 is 1.60 bits per heavy atom. The summed E-state index contributed by atoms with van der Waals surface area (Å²) >= 11 is 0. The molecule has 2 aliphatic rings. The van der Waals surface area contributed by atoms with E-state index in [2.05, 4.69) is 15.5 Å². The molecule has 2 aliphatic heterocycles. The van der Waals surface area contributed by atoms with Gasteiger partial charge in [-0.05, 0) is 50.3 Å². The van der Waals surface area contributed by atoms with Crippen LogP contribution in [-0.4, -0.2) is 66.8 Å². The van der Waals surface area contributed by atoms with Gasteiger partial charge in [-0.3, -0.25) is 4.90 Å². The summed E-state index contributed by atoms with van der Waals surface area (Å²) in [5.74, 6) is -1.66. The van der Waals surface area contributed by atoms with E-state index in [9.17, 15) is 18.4 Å². The van der Waals surface area contributed by atoms with Crippen molar-refractivity contribution in [2.24, 2.45) is 0 Å². The number of nitrogens with zero attached hydrogens (tertiary/aromatic N) is 2. The van der Waals surface area contributed by atoms with Crippen LogP contribution in [0, 0.1) is 11.6 Å². The fourth-order valence-corrected chi connectivity index (χ4v) is 3.97. The van der Waals surface area contributed by atoms with E-state index in [0.717, 1.165) is 37.6 Å². The van der Waals surface area contributed by atoms with E-state index in [0.29, 0.717) is 39.1 Å². The fourth-order valence-electron chi connectivity index (χ4n) is 3.97. The summed E-state index contributed by atoms with van der Waals surface area (Å²) in [4.78, 5) is 27.9. The van der Waals surface area contributed by atoms with Crippen LogP contribution in [0.1, 0.15) is 38.2 Å². The van der Waals surface area contributed by atoms with E-state index in [1.165, 1.54) is 6.07 Å². The van der Waals surface area contributed by atoms with Gasteiger partial charge in [-0.25, -0.2) is 18.4 Å². The number of rotatable bonds is 5. The summed E-state index contributed by atoms with van der Waals surface area (Å²) in [6.07, 6.45) is 2.73. The van der Waals surface area contributed by atoms with E-state index in [4.69, 9.17) is 4.74 Å². The maximum absolute atomic E-state index is 13.4. The average Bonchev–Trinajstić information content (AvgIpc) is 2.73. The summed E-state index contributed by atoms with van der Waals surface area (Å²) in [5.41, 5.74) is 0.743. The molecule has 0 bridgehead atoms. The Hall–Kier alpha value is -2.42. The third-order valence-corrected chi connectivity index (χ3v) is 5.67. The first-order valence-electron chi connectivity index (χ1n) is 10.6. The number of hydrogen-bond donors (Lipinski definition) is 2. The van der Waals surface area contributed by atoms with Crippen LogP contribution in [0.3, 0.4) is 0 Å². The number of piperidine rings is 2. The SMILES string of the molecule is CCOC(=O)N1CCC(NC(=O)NC2CCN(Cc3ccc(F)c(F)c3)CC2)CC1. The van der Waals surface area contributed by atoms with Crippen molar-refractivity contribution in [2.45, 2.75) is 51.2 Å². The highest BCUT2D eigenvalue weighted by Crippen LogP contribution is 2.16. The zero-order chi connectivity index (χ0) is 21.5. The molecule has 0 aliphatic carbocycles. The van der Waals surface area contributed by atoms with E-state index in [-0.39, 0.29) is 24.2 Å². The van der Waals surface area contributed by atoms with Gasteiger partial charge in [-0.2, -0.15) is 0 Å². The quantitative estimate of drug-likeness (QED) is 0.762. The largest absolute Gasteiger partial charge is 0.450 e. The van der Waals surface area contributed by atoms with Crippen molar-refractivity contribution in [3.05, 3.63) is 35.4 Å². The lowest BCUT2D eigenvalue weighted by Crippen LogP contribution is -2.52. The van der Waals surface area contributed by atoms with Gasteiger partial charge < -0.3 is 20.3 Å². The number of benzene rings is 1. The second kappa shape index (κ2) is 10.6. The van der Waals surface area contributed by atoms with E-state index >= 15 is 0 Å². The maximum atomic E-state index is 13.4. The molecule has 7 nitrogen and oxygen atoms in total. The fraction of sp³-hybridized carbons (Fsp3) is 0.619. The minimum absolute atomic E-state index is 0.0455. The maximum Gasteiger partial charge on any atom is 0.409 e. The number of halogens is 2. The normalized spacial score (nSPS) is 18.8. The highest BCUT2D eigenvalue weighted by molar-refractivity contribution is 5.74. The second-order valence-electron chi connectivity index (χ2n) is 7.88. The first kappa shape index (κ1) is 22.3. The van der Waals surface area contributed by atoms with E-state index < -0.39 is 11.6 Å². The molecule has 166 valence electrons. The van der Waals surface area contributed by atoms with Gasteiger partial charge in [0.2, 0.25) is 0 Å². The predicted octanol–water partition coefficient (Wildman–Crippen LogP) is 2.85. The van der Waals surface area contributed by atoms with Crippen LogP contribution in [-0.2, 0) is 11.3 Å². The minimum Gasteiger partial charge on any atom is -0.450 e. The number of nitrogens with one attached hydrogen (secondary N) is 2. The van der Waals surface area contributed by atoms with Gasteiger partial charge in [-0.1, -0.05) is 6.07 Å². The number of carbonyl (C=O) groups excluding carboxylic acids is 2. The lowest BCUT2D eigenvalue weighted by atomic mass is 10.0. The van der Waals surface area contributed by atoms with Crippen molar-refractivity contribution in [1.29, 1.82) is 0 Å². The van der Waals surface area contributed by atoms with E-state index in [1.54, 1.807) is 17.9 Å². The standard InChI is InChI=1S/C21H30F2N4O3/c1-2-30-21(29)27-11-7-17(8-12-27)25-20(28)24-16-5-9-26(10-6-16)14-15-3-4-18(22)19(23)13-15/h3-4,13,16-17H,2,5-12,14H2,1H3,(H2,24,25,28). The topological polar surface area (TPSA) is 73.9 Å². The Morgan fingerprint density at radius 1 is 1.00 bits per heavy atom. The molecular weight excluding hydrogens is 394 g/mol. The molecule has 0 spiro atoms. The molecule has 1 aromatic carbocycles. The number of amides is 3. The minimum atomic E-state index is -0.834. The van der Waals surface area contributed by atoms with Crippen molar-refractivity contribution in [3.8, 4) is 0 Å². The third-order valence-electron chi connectivity index (χ3n) is 5.67. The molecule has 2 N–H and O–H groups in total. The smallest absolute Gasteiger partial charge is 0.409 e. The van der Waals surface area contributed by atoms with Crippen LogP contribution in [0.5, 0.6) is 0 Å². The predicted molar refractivity (Wildman–Crippen MR) is 108 cm³/mol. The molecule has 0 radical (unpaired) electrons. The van der Waals surface area contributed by atoms with Gasteiger partial charge in [0.1, 0.15) is 0 Å². The first-order valence-corrected chi connectivity index (χ1v) is 10.6. The van der Waals surface area contributed by atoms with Crippen molar-refractivity contribution in [1.82, 2.24) is 20.4 Å².